The molecular formula is C12H14FNO3. The minimum absolute atomic E-state index is 0.259. The molecule has 1 aromatic rings. The number of nitrogens with zero attached hydrogens (tertiary/aromatic N) is 1. The molecule has 0 spiro atoms. The van der Waals surface area contributed by atoms with Gasteiger partial charge in [-0.2, -0.15) is 0 Å². The van der Waals surface area contributed by atoms with Gasteiger partial charge < -0.3 is 15.1 Å². The molecule has 0 aromatic heterocycles. The fraction of sp³-hybridized carbons (Fsp3) is 0.417. The zero-order chi connectivity index (χ0) is 12.5. The maximum atomic E-state index is 12.8. The van der Waals surface area contributed by atoms with Gasteiger partial charge in [0.05, 0.1) is 12.0 Å². The summed E-state index contributed by atoms with van der Waals surface area (Å²) < 4.78 is 12.8. The van der Waals surface area contributed by atoms with Gasteiger partial charge in [0.2, 0.25) is 0 Å². The third-order valence-electron chi connectivity index (χ3n) is 3.00. The molecule has 1 unspecified atom stereocenters. The van der Waals surface area contributed by atoms with Crippen LogP contribution in [0.15, 0.2) is 24.3 Å². The summed E-state index contributed by atoms with van der Waals surface area (Å²) in [6.45, 7) is 0.848. The van der Waals surface area contributed by atoms with E-state index in [0.29, 0.717) is 13.0 Å². The highest BCUT2D eigenvalue weighted by Crippen LogP contribution is 2.29. The third-order valence-corrected chi connectivity index (χ3v) is 3.00. The van der Waals surface area contributed by atoms with Crippen LogP contribution >= 0.6 is 0 Å². The Morgan fingerprint density at radius 2 is 2.06 bits per heavy atom. The molecule has 0 saturated carbocycles. The molecule has 1 aliphatic rings. The topological polar surface area (TPSA) is 60.8 Å². The van der Waals surface area contributed by atoms with Gasteiger partial charge in [0.25, 0.3) is 0 Å². The summed E-state index contributed by atoms with van der Waals surface area (Å²) in [7, 11) is 0. The Morgan fingerprint density at radius 3 is 2.65 bits per heavy atom. The summed E-state index contributed by atoms with van der Waals surface area (Å²) in [5, 5.41) is 18.8. The molecule has 92 valence electrons. The Hall–Kier alpha value is -1.62. The van der Waals surface area contributed by atoms with Crippen LogP contribution in [-0.4, -0.2) is 34.9 Å². The van der Waals surface area contributed by atoms with Gasteiger partial charge in [-0.05, 0) is 30.7 Å². The van der Waals surface area contributed by atoms with Crippen molar-refractivity contribution in [2.24, 2.45) is 0 Å². The van der Waals surface area contributed by atoms with Crippen LogP contribution in [0.3, 0.4) is 0 Å². The molecule has 1 aliphatic heterocycles. The summed E-state index contributed by atoms with van der Waals surface area (Å²) in [5.74, 6) is -1.32. The van der Waals surface area contributed by atoms with Crippen LogP contribution in [0.25, 0.3) is 0 Å². The highest BCUT2D eigenvalue weighted by molar-refractivity contribution is 5.68. The van der Waals surface area contributed by atoms with Crippen molar-refractivity contribution in [3.8, 4) is 0 Å². The molecule has 1 fully saturated rings. The first-order valence-electron chi connectivity index (χ1n) is 5.43. The maximum Gasteiger partial charge on any atom is 0.306 e. The Balaban J connectivity index is 2.07. The summed E-state index contributed by atoms with van der Waals surface area (Å²) >= 11 is 0. The number of β-amino-alcohol motifs (C(OH)–C–C–N with tert-alkyl or cyclic N) is 1. The number of carboxylic acid groups (broad SMARTS) is 1. The summed E-state index contributed by atoms with van der Waals surface area (Å²) in [5.41, 5.74) is -0.382. The second kappa shape index (κ2) is 4.33. The van der Waals surface area contributed by atoms with Crippen molar-refractivity contribution in [2.75, 3.05) is 18.0 Å². The Bertz CT molecular complexity index is 420. The smallest absolute Gasteiger partial charge is 0.306 e. The molecule has 1 heterocycles. The molecule has 1 atom stereocenters. The number of anilines is 1. The van der Waals surface area contributed by atoms with Crippen LogP contribution in [0.2, 0.25) is 0 Å². The van der Waals surface area contributed by atoms with Crippen LogP contribution < -0.4 is 4.90 Å². The summed E-state index contributed by atoms with van der Waals surface area (Å²) in [6.07, 6.45) is 0.154. The Morgan fingerprint density at radius 1 is 1.41 bits per heavy atom. The second-order valence-electron chi connectivity index (χ2n) is 4.44. The third kappa shape index (κ3) is 2.74. The fourth-order valence-electron chi connectivity index (χ4n) is 2.15. The fourth-order valence-corrected chi connectivity index (χ4v) is 2.15. The predicted octanol–water partition coefficient (Wildman–Crippen LogP) is 1.24. The lowest BCUT2D eigenvalue weighted by atomic mass is 9.99. The number of carboxylic acids is 1. The van der Waals surface area contributed by atoms with Gasteiger partial charge in [0.15, 0.2) is 0 Å². The van der Waals surface area contributed by atoms with E-state index >= 15 is 0 Å². The number of benzene rings is 1. The Labute approximate surface area is 98.3 Å². The van der Waals surface area contributed by atoms with Crippen LogP contribution in [0.4, 0.5) is 10.1 Å². The van der Waals surface area contributed by atoms with E-state index in [4.69, 9.17) is 5.11 Å². The number of hydrogen-bond donors (Lipinski definition) is 2. The average Bonchev–Trinajstić information content (AvgIpc) is 2.60. The Kier molecular flexibility index (Phi) is 3.02. The van der Waals surface area contributed by atoms with Crippen molar-refractivity contribution in [2.45, 2.75) is 18.4 Å². The van der Waals surface area contributed by atoms with E-state index in [1.807, 2.05) is 4.90 Å². The average molecular weight is 239 g/mol. The number of carbonyl (C=O) groups is 1. The molecule has 0 bridgehead atoms. The van der Waals surface area contributed by atoms with E-state index in [2.05, 4.69) is 0 Å². The van der Waals surface area contributed by atoms with Crippen LogP contribution in [0, 0.1) is 5.82 Å². The molecular weight excluding hydrogens is 225 g/mol. The number of rotatable bonds is 3. The minimum atomic E-state index is -1.18. The zero-order valence-electron chi connectivity index (χ0n) is 9.27. The zero-order valence-corrected chi connectivity index (χ0v) is 9.27. The molecule has 2 rings (SSSR count). The van der Waals surface area contributed by atoms with E-state index in [1.54, 1.807) is 12.1 Å². The second-order valence-corrected chi connectivity index (χ2v) is 4.44. The lowest BCUT2D eigenvalue weighted by Gasteiger charge is -2.22. The van der Waals surface area contributed by atoms with Gasteiger partial charge in [-0.25, -0.2) is 4.39 Å². The number of aliphatic hydroxyl groups is 1. The van der Waals surface area contributed by atoms with Crippen LogP contribution in [0.5, 0.6) is 0 Å². The highest BCUT2D eigenvalue weighted by atomic mass is 19.1. The first-order chi connectivity index (χ1) is 7.98. The molecule has 0 radical (unpaired) electrons. The molecule has 0 amide bonds. The lowest BCUT2D eigenvalue weighted by Crippen LogP contribution is -2.35. The number of aliphatic carboxylic acids is 1. The van der Waals surface area contributed by atoms with Gasteiger partial charge in [0, 0.05) is 18.8 Å². The van der Waals surface area contributed by atoms with Gasteiger partial charge in [-0.3, -0.25) is 4.79 Å². The molecule has 5 heteroatoms. The molecule has 2 N–H and O–H groups in total. The van der Waals surface area contributed by atoms with Gasteiger partial charge in [-0.1, -0.05) is 0 Å². The number of hydrogen-bond acceptors (Lipinski definition) is 3. The van der Waals surface area contributed by atoms with E-state index in [0.717, 1.165) is 5.69 Å². The van der Waals surface area contributed by atoms with Crippen molar-refractivity contribution in [1.29, 1.82) is 0 Å². The van der Waals surface area contributed by atoms with E-state index < -0.39 is 11.6 Å². The standard InChI is InChI=1S/C12H14FNO3/c13-9-1-3-10(4-2-9)14-6-5-12(17,8-14)7-11(15)16/h1-4,17H,5-8H2,(H,15,16). The van der Waals surface area contributed by atoms with Gasteiger partial charge >= 0.3 is 5.97 Å². The molecule has 17 heavy (non-hydrogen) atoms. The summed E-state index contributed by atoms with van der Waals surface area (Å²) in [6, 6.07) is 5.96. The quantitative estimate of drug-likeness (QED) is 0.833. The largest absolute Gasteiger partial charge is 0.481 e. The van der Waals surface area contributed by atoms with Crippen molar-refractivity contribution >= 4 is 11.7 Å². The van der Waals surface area contributed by atoms with Crippen LogP contribution in [0.1, 0.15) is 12.8 Å². The first kappa shape index (κ1) is 11.9. The molecule has 0 aliphatic carbocycles. The minimum Gasteiger partial charge on any atom is -0.481 e. The first-order valence-corrected chi connectivity index (χ1v) is 5.43. The molecule has 4 nitrogen and oxygen atoms in total. The van der Waals surface area contributed by atoms with E-state index in [-0.39, 0.29) is 18.8 Å². The van der Waals surface area contributed by atoms with Gasteiger partial charge in [-0.15, -0.1) is 0 Å². The predicted molar refractivity (Wildman–Crippen MR) is 60.4 cm³/mol. The monoisotopic (exact) mass is 239 g/mol. The lowest BCUT2D eigenvalue weighted by molar-refractivity contribution is -0.141. The highest BCUT2D eigenvalue weighted by Gasteiger charge is 2.38. The normalized spacial score (nSPS) is 24.0. The van der Waals surface area contributed by atoms with Crippen molar-refractivity contribution in [3.63, 3.8) is 0 Å². The van der Waals surface area contributed by atoms with Crippen LogP contribution in [-0.2, 0) is 4.79 Å². The van der Waals surface area contributed by atoms with Crippen molar-refractivity contribution in [1.82, 2.24) is 0 Å². The number of halogens is 1. The van der Waals surface area contributed by atoms with E-state index in [1.165, 1.54) is 12.1 Å². The molecule has 1 saturated heterocycles. The maximum absolute atomic E-state index is 12.8. The van der Waals surface area contributed by atoms with Crippen molar-refractivity contribution in [3.05, 3.63) is 30.1 Å². The van der Waals surface area contributed by atoms with Crippen molar-refractivity contribution < 1.29 is 19.4 Å². The molecule has 1 aromatic carbocycles. The van der Waals surface area contributed by atoms with Gasteiger partial charge in [0.1, 0.15) is 5.82 Å². The SMILES string of the molecule is O=C(O)CC1(O)CCN(c2ccc(F)cc2)C1. The summed E-state index contributed by atoms with van der Waals surface area (Å²) in [4.78, 5) is 12.5. The van der Waals surface area contributed by atoms with E-state index in [9.17, 15) is 14.3 Å².